The Kier molecular flexibility index (Phi) is 18.9. The van der Waals surface area contributed by atoms with Gasteiger partial charge in [0, 0.05) is 6.61 Å². The third kappa shape index (κ3) is 14.6. The third-order valence-electron chi connectivity index (χ3n) is 11.3. The number of esters is 1. The van der Waals surface area contributed by atoms with E-state index in [-0.39, 0.29) is 16.4 Å². The highest BCUT2D eigenvalue weighted by Gasteiger charge is 2.50. The van der Waals surface area contributed by atoms with Crippen molar-refractivity contribution < 1.29 is 14.0 Å². The summed E-state index contributed by atoms with van der Waals surface area (Å²) in [5, 5.41) is 2.83. The van der Waals surface area contributed by atoms with E-state index in [2.05, 4.69) is 88.4 Å². The van der Waals surface area contributed by atoms with Gasteiger partial charge >= 0.3 is 5.97 Å². The van der Waals surface area contributed by atoms with Crippen LogP contribution in [0.5, 0.6) is 0 Å². The zero-order chi connectivity index (χ0) is 36.3. The summed E-state index contributed by atoms with van der Waals surface area (Å²) in [6, 6.07) is 22.2. The zero-order valence-corrected chi connectivity index (χ0v) is 34.6. The fourth-order valence-corrected chi connectivity index (χ4v) is 12.6. The number of benzene rings is 2. The first-order valence-electron chi connectivity index (χ1n) is 20.9. The molecule has 3 rings (SSSR count). The van der Waals surface area contributed by atoms with Gasteiger partial charge in [0.1, 0.15) is 0 Å². The largest absolute Gasteiger partial charge is 0.465 e. The maximum absolute atomic E-state index is 11.8. The molecule has 3 atom stereocenters. The van der Waals surface area contributed by atoms with Crippen molar-refractivity contribution in [3.63, 3.8) is 0 Å². The topological polar surface area (TPSA) is 35.5 Å². The molecule has 1 aliphatic carbocycles. The third-order valence-corrected chi connectivity index (χ3v) is 16.4. The van der Waals surface area contributed by atoms with Gasteiger partial charge in [-0.2, -0.15) is 0 Å². The number of hydrogen-bond donors (Lipinski definition) is 0. The Bertz CT molecular complexity index is 1130. The van der Waals surface area contributed by atoms with Gasteiger partial charge in [0.05, 0.1) is 12.0 Å². The zero-order valence-electron chi connectivity index (χ0n) is 33.6. The highest BCUT2D eigenvalue weighted by Crippen LogP contribution is 2.48. The molecule has 0 spiro atoms. The van der Waals surface area contributed by atoms with Gasteiger partial charge < -0.3 is 9.16 Å². The second-order valence-electron chi connectivity index (χ2n) is 17.8. The summed E-state index contributed by atoms with van der Waals surface area (Å²) < 4.78 is 12.5. The van der Waals surface area contributed by atoms with Gasteiger partial charge in [-0.15, -0.1) is 0 Å². The average Bonchev–Trinajstić information content (AvgIpc) is 3.87. The molecule has 0 saturated heterocycles. The molecular formula is C46H76O3Si. The molecule has 0 aromatic heterocycles. The van der Waals surface area contributed by atoms with Crippen LogP contribution < -0.4 is 10.4 Å². The van der Waals surface area contributed by atoms with E-state index in [9.17, 15) is 4.79 Å². The van der Waals surface area contributed by atoms with E-state index in [4.69, 9.17) is 9.16 Å². The van der Waals surface area contributed by atoms with Crippen LogP contribution in [0.25, 0.3) is 0 Å². The van der Waals surface area contributed by atoms with Crippen LogP contribution in [0, 0.1) is 23.2 Å². The lowest BCUT2D eigenvalue weighted by Gasteiger charge is -2.43. The van der Waals surface area contributed by atoms with Gasteiger partial charge in [-0.3, -0.25) is 4.79 Å². The molecule has 3 nitrogen and oxygen atoms in total. The fraction of sp³-hybridized carbons (Fsp3) is 0.717. The van der Waals surface area contributed by atoms with E-state index in [1.165, 1.54) is 126 Å². The van der Waals surface area contributed by atoms with Gasteiger partial charge in [-0.25, -0.2) is 0 Å². The molecule has 0 N–H and O–H groups in total. The maximum Gasteiger partial charge on any atom is 0.311 e. The van der Waals surface area contributed by atoms with Crippen LogP contribution in [0.2, 0.25) is 5.04 Å². The first kappa shape index (κ1) is 42.5. The van der Waals surface area contributed by atoms with E-state index in [0.29, 0.717) is 6.61 Å². The number of carbonyl (C=O) groups is 1. The van der Waals surface area contributed by atoms with E-state index in [1.54, 1.807) is 0 Å². The van der Waals surface area contributed by atoms with Crippen LogP contribution in [-0.4, -0.2) is 27.5 Å². The number of carbonyl (C=O) groups excluding carboxylic acids is 1. The minimum atomic E-state index is -2.42. The summed E-state index contributed by atoms with van der Waals surface area (Å²) in [5.41, 5.74) is -0.382. The molecule has 1 aliphatic rings. The lowest BCUT2D eigenvalue weighted by Crippen LogP contribution is -2.66. The molecule has 4 heteroatoms. The van der Waals surface area contributed by atoms with E-state index in [0.717, 1.165) is 30.8 Å². The molecule has 1 saturated carbocycles. The molecule has 2 aromatic rings. The lowest BCUT2D eigenvalue weighted by atomic mass is 9.97. The van der Waals surface area contributed by atoms with Crippen molar-refractivity contribution in [2.45, 2.75) is 176 Å². The van der Waals surface area contributed by atoms with Crippen LogP contribution >= 0.6 is 0 Å². The molecule has 282 valence electrons. The van der Waals surface area contributed by atoms with Crippen molar-refractivity contribution in [3.05, 3.63) is 60.7 Å². The molecule has 2 aromatic carbocycles. The van der Waals surface area contributed by atoms with Crippen molar-refractivity contribution in [3.8, 4) is 0 Å². The predicted octanol–water partition coefficient (Wildman–Crippen LogP) is 12.4. The Hall–Kier alpha value is -1.91. The van der Waals surface area contributed by atoms with Gasteiger partial charge in [-0.1, -0.05) is 191 Å². The summed E-state index contributed by atoms with van der Waals surface area (Å²) >= 11 is 0. The van der Waals surface area contributed by atoms with Gasteiger partial charge in [0.2, 0.25) is 0 Å². The predicted molar refractivity (Wildman–Crippen MR) is 218 cm³/mol. The number of ether oxygens (including phenoxy) is 1. The van der Waals surface area contributed by atoms with Gasteiger partial charge in [-0.05, 0) is 73.2 Å². The fourth-order valence-electron chi connectivity index (χ4n) is 8.04. The quantitative estimate of drug-likeness (QED) is 0.0555. The highest BCUT2D eigenvalue weighted by atomic mass is 28.4. The lowest BCUT2D eigenvalue weighted by molar-refractivity contribution is -0.153. The second-order valence-corrected chi connectivity index (χ2v) is 22.1. The molecule has 0 unspecified atom stereocenters. The van der Waals surface area contributed by atoms with E-state index >= 15 is 0 Å². The molecule has 0 heterocycles. The number of unbranched alkanes of at least 4 members (excludes halogenated alkanes) is 15. The summed E-state index contributed by atoms with van der Waals surface area (Å²) in [6.45, 7) is 16.8. The van der Waals surface area contributed by atoms with E-state index in [1.807, 2.05) is 20.8 Å². The molecular weight excluding hydrogens is 629 g/mol. The van der Waals surface area contributed by atoms with Crippen molar-refractivity contribution in [1.82, 2.24) is 0 Å². The van der Waals surface area contributed by atoms with Crippen LogP contribution in [0.15, 0.2) is 60.7 Å². The van der Waals surface area contributed by atoms with E-state index < -0.39 is 8.32 Å². The van der Waals surface area contributed by atoms with Crippen molar-refractivity contribution in [2.24, 2.45) is 23.2 Å². The average molecular weight is 705 g/mol. The monoisotopic (exact) mass is 705 g/mol. The van der Waals surface area contributed by atoms with Crippen molar-refractivity contribution in [2.75, 3.05) is 13.2 Å². The Morgan fingerprint density at radius 3 is 1.48 bits per heavy atom. The SMILES string of the molecule is C[C@@H](CCO[Si](c1ccccc1)(c1ccccc1)C(C)(C)C)[C@@H]1C[C@@H]1CCCCCCCCCCCCCCCCCCOC(=O)C(C)(C)C. The first-order valence-corrected chi connectivity index (χ1v) is 22.8. The molecule has 0 bridgehead atoms. The normalized spacial score (nSPS) is 17.1. The van der Waals surface area contributed by atoms with Crippen LogP contribution in [0.1, 0.15) is 170 Å². The molecule has 0 aliphatic heterocycles. The minimum absolute atomic E-state index is 0.0516. The van der Waals surface area contributed by atoms with Crippen LogP contribution in [-0.2, 0) is 14.0 Å². The standard InChI is InChI=1S/C46H76O3Si/c1-39(35-37-49-50(46(5,6)7,41-31-25-22-26-32-41)42-33-27-23-28-34-42)43-38-40(43)30-24-20-18-16-14-12-10-8-9-11-13-15-17-19-21-29-36-48-44(47)45(2,3)4/h22-23,25-28,31-34,39-40,43H,8-21,24,29-30,35-38H2,1-7H3/t39-,40-,43-/m0/s1. The van der Waals surface area contributed by atoms with Gasteiger partial charge in [0.15, 0.2) is 0 Å². The summed E-state index contributed by atoms with van der Waals surface area (Å²) in [4.78, 5) is 11.8. The first-order chi connectivity index (χ1) is 24.0. The van der Waals surface area contributed by atoms with Crippen molar-refractivity contribution in [1.29, 1.82) is 0 Å². The van der Waals surface area contributed by atoms with Crippen LogP contribution in [0.3, 0.4) is 0 Å². The smallest absolute Gasteiger partial charge is 0.311 e. The summed E-state index contributed by atoms with van der Waals surface area (Å²) in [7, 11) is -2.42. The van der Waals surface area contributed by atoms with Gasteiger partial charge in [0.25, 0.3) is 8.32 Å². The molecule has 0 radical (unpaired) electrons. The maximum atomic E-state index is 11.8. The minimum Gasteiger partial charge on any atom is -0.465 e. The Morgan fingerprint density at radius 1 is 0.640 bits per heavy atom. The highest BCUT2D eigenvalue weighted by molar-refractivity contribution is 6.99. The number of rotatable bonds is 26. The Morgan fingerprint density at radius 2 is 1.06 bits per heavy atom. The summed E-state index contributed by atoms with van der Waals surface area (Å²) in [6.07, 6.45) is 25.8. The number of hydrogen-bond acceptors (Lipinski definition) is 3. The Balaban J connectivity index is 1.16. The second kappa shape index (κ2) is 22.2. The molecule has 50 heavy (non-hydrogen) atoms. The van der Waals surface area contributed by atoms with Crippen molar-refractivity contribution >= 4 is 24.7 Å². The van der Waals surface area contributed by atoms with Crippen LogP contribution in [0.4, 0.5) is 0 Å². The molecule has 1 fully saturated rings. The Labute approximate surface area is 310 Å². The molecule has 0 amide bonds. The summed E-state index contributed by atoms with van der Waals surface area (Å²) in [5.74, 6) is 2.55.